The molecule has 0 amide bonds. The number of hydrogen-bond donors (Lipinski definition) is 2. The molecular weight excluding hydrogens is 357 g/mol. The Hall–Kier alpha value is -2.37. The minimum absolute atomic E-state index is 0.0385. The summed E-state index contributed by atoms with van der Waals surface area (Å²) in [5.74, 6) is -1.82. The summed E-state index contributed by atoms with van der Waals surface area (Å²) in [7, 11) is 0. The second-order valence-electron chi connectivity index (χ2n) is 6.45. The lowest BCUT2D eigenvalue weighted by Gasteiger charge is -2.23. The predicted molar refractivity (Wildman–Crippen MR) is 98.2 cm³/mol. The number of ether oxygens (including phenoxy) is 1. The first-order valence-corrected chi connectivity index (χ1v) is 8.88. The van der Waals surface area contributed by atoms with Crippen molar-refractivity contribution in [3.8, 4) is 11.1 Å². The largest absolute Gasteiger partial charge is 0.478 e. The van der Waals surface area contributed by atoms with Crippen molar-refractivity contribution in [2.75, 3.05) is 6.61 Å². The monoisotopic (exact) mass is 373 g/mol. The van der Waals surface area contributed by atoms with Crippen molar-refractivity contribution in [3.63, 3.8) is 0 Å². The van der Waals surface area contributed by atoms with E-state index < -0.39 is 11.8 Å². The fourth-order valence-corrected chi connectivity index (χ4v) is 3.82. The number of benzene rings is 2. The number of hydrogen-bond acceptors (Lipinski definition) is 2. The number of carboxylic acids is 1. The number of carboxylic acid groups (broad SMARTS) is 1. The van der Waals surface area contributed by atoms with E-state index in [-0.39, 0.29) is 27.6 Å². The Balaban J connectivity index is 1.78. The average Bonchev–Trinajstić information content (AvgIpc) is 3.07. The van der Waals surface area contributed by atoms with Gasteiger partial charge in [-0.25, -0.2) is 9.18 Å². The summed E-state index contributed by atoms with van der Waals surface area (Å²) in [6.45, 7) is 0.759. The van der Waals surface area contributed by atoms with Crippen molar-refractivity contribution in [3.05, 3.63) is 58.5 Å². The molecule has 6 heteroatoms. The zero-order valence-electron chi connectivity index (χ0n) is 13.9. The van der Waals surface area contributed by atoms with Gasteiger partial charge in [0.25, 0.3) is 0 Å². The number of nitrogens with one attached hydrogen (secondary N) is 1. The molecule has 4 rings (SSSR count). The smallest absolute Gasteiger partial charge is 0.337 e. The molecule has 1 aromatic heterocycles. The first kappa shape index (κ1) is 17.1. The van der Waals surface area contributed by atoms with Gasteiger partial charge in [-0.05, 0) is 36.5 Å². The molecule has 2 N–H and O–H groups in total. The van der Waals surface area contributed by atoms with E-state index in [1.165, 1.54) is 6.20 Å². The van der Waals surface area contributed by atoms with Crippen LogP contribution in [-0.4, -0.2) is 22.7 Å². The molecule has 1 fully saturated rings. The van der Waals surface area contributed by atoms with Crippen molar-refractivity contribution in [2.45, 2.75) is 25.4 Å². The molecule has 1 aliphatic heterocycles. The van der Waals surface area contributed by atoms with Crippen LogP contribution in [0.2, 0.25) is 5.02 Å². The summed E-state index contributed by atoms with van der Waals surface area (Å²) in [5, 5.41) is 9.54. The molecule has 1 saturated heterocycles. The number of aromatic amines is 1. The third-order valence-corrected chi connectivity index (χ3v) is 5.14. The second kappa shape index (κ2) is 6.74. The van der Waals surface area contributed by atoms with Crippen LogP contribution < -0.4 is 0 Å². The van der Waals surface area contributed by atoms with Crippen molar-refractivity contribution in [1.82, 2.24) is 4.98 Å². The van der Waals surface area contributed by atoms with Gasteiger partial charge in [-0.3, -0.25) is 0 Å². The molecule has 0 bridgehead atoms. The third-order valence-electron chi connectivity index (χ3n) is 4.84. The van der Waals surface area contributed by atoms with Crippen molar-refractivity contribution in [1.29, 1.82) is 0 Å². The van der Waals surface area contributed by atoms with E-state index >= 15 is 4.39 Å². The maximum Gasteiger partial charge on any atom is 0.337 e. The highest BCUT2D eigenvalue weighted by molar-refractivity contribution is 6.34. The van der Waals surface area contributed by atoms with Crippen LogP contribution >= 0.6 is 11.6 Å². The Bertz CT molecular complexity index is 975. The van der Waals surface area contributed by atoms with Crippen LogP contribution in [0, 0.1) is 5.82 Å². The number of aromatic carboxylic acids is 1. The molecule has 0 spiro atoms. The van der Waals surface area contributed by atoms with E-state index in [4.69, 9.17) is 16.3 Å². The van der Waals surface area contributed by atoms with Gasteiger partial charge in [-0.15, -0.1) is 0 Å². The number of fused-ring (bicyclic) bond motifs is 1. The van der Waals surface area contributed by atoms with Gasteiger partial charge in [0.15, 0.2) is 0 Å². The van der Waals surface area contributed by atoms with Gasteiger partial charge in [0, 0.05) is 18.4 Å². The van der Waals surface area contributed by atoms with E-state index in [2.05, 4.69) is 4.98 Å². The Kier molecular flexibility index (Phi) is 4.42. The highest BCUT2D eigenvalue weighted by Gasteiger charge is 2.21. The van der Waals surface area contributed by atoms with E-state index in [1.54, 1.807) is 18.2 Å². The van der Waals surface area contributed by atoms with Gasteiger partial charge in [-0.1, -0.05) is 35.9 Å². The lowest BCUT2D eigenvalue weighted by Crippen LogP contribution is -2.11. The van der Waals surface area contributed by atoms with Crippen LogP contribution in [0.5, 0.6) is 0 Å². The van der Waals surface area contributed by atoms with Gasteiger partial charge >= 0.3 is 5.97 Å². The summed E-state index contributed by atoms with van der Waals surface area (Å²) in [6, 6.07) is 8.99. The molecule has 26 heavy (non-hydrogen) atoms. The molecule has 134 valence electrons. The van der Waals surface area contributed by atoms with Crippen LogP contribution in [-0.2, 0) is 4.74 Å². The number of halogens is 2. The summed E-state index contributed by atoms with van der Waals surface area (Å²) in [4.78, 5) is 14.1. The Morgan fingerprint density at radius 3 is 2.69 bits per heavy atom. The zero-order chi connectivity index (χ0) is 18.3. The van der Waals surface area contributed by atoms with Crippen LogP contribution in [0.4, 0.5) is 4.39 Å². The molecule has 2 heterocycles. The van der Waals surface area contributed by atoms with E-state index in [0.717, 1.165) is 31.4 Å². The SMILES string of the molecule is O=C(O)c1c[nH]c2cc(Cl)c(-c3ccc(C4CCCCO4)cc3)c(F)c12. The lowest BCUT2D eigenvalue weighted by atomic mass is 9.97. The highest BCUT2D eigenvalue weighted by Crippen LogP contribution is 2.38. The van der Waals surface area contributed by atoms with E-state index in [9.17, 15) is 9.90 Å². The maximum absolute atomic E-state index is 15.1. The lowest BCUT2D eigenvalue weighted by molar-refractivity contribution is 0.0149. The average molecular weight is 374 g/mol. The van der Waals surface area contributed by atoms with E-state index in [0.29, 0.717) is 11.1 Å². The molecule has 1 aliphatic rings. The second-order valence-corrected chi connectivity index (χ2v) is 6.86. The molecule has 4 nitrogen and oxygen atoms in total. The van der Waals surface area contributed by atoms with Gasteiger partial charge in [0.05, 0.1) is 27.6 Å². The van der Waals surface area contributed by atoms with Crippen LogP contribution in [0.15, 0.2) is 36.5 Å². The normalized spacial score (nSPS) is 17.5. The summed E-state index contributed by atoms with van der Waals surface area (Å²) in [6.07, 6.45) is 4.54. The fraction of sp³-hybridized carbons (Fsp3) is 0.250. The Labute approximate surface area is 154 Å². The van der Waals surface area contributed by atoms with E-state index in [1.807, 2.05) is 12.1 Å². The van der Waals surface area contributed by atoms with Crippen LogP contribution in [0.1, 0.15) is 41.3 Å². The Morgan fingerprint density at radius 2 is 2.04 bits per heavy atom. The summed E-state index contributed by atoms with van der Waals surface area (Å²) >= 11 is 6.29. The molecule has 3 aromatic rings. The highest BCUT2D eigenvalue weighted by atomic mass is 35.5. The van der Waals surface area contributed by atoms with Crippen molar-refractivity contribution >= 4 is 28.5 Å². The zero-order valence-corrected chi connectivity index (χ0v) is 14.6. The van der Waals surface area contributed by atoms with Gasteiger partial charge in [0.1, 0.15) is 5.82 Å². The molecule has 0 aliphatic carbocycles. The summed E-state index contributed by atoms with van der Waals surface area (Å²) in [5.41, 5.74) is 2.12. The Morgan fingerprint density at radius 1 is 1.27 bits per heavy atom. The van der Waals surface area contributed by atoms with Gasteiger partial charge in [-0.2, -0.15) is 0 Å². The van der Waals surface area contributed by atoms with Crippen molar-refractivity contribution in [2.24, 2.45) is 0 Å². The molecule has 0 saturated carbocycles. The first-order chi connectivity index (χ1) is 12.6. The standard InChI is InChI=1S/C20H17ClFNO3/c21-14-9-15-18(13(10-23-15)20(24)25)19(22)17(14)12-6-4-11(5-7-12)16-3-1-2-8-26-16/h4-7,9-10,16,23H,1-3,8H2,(H,24,25). The van der Waals surface area contributed by atoms with Gasteiger partial charge in [0.2, 0.25) is 0 Å². The first-order valence-electron chi connectivity index (χ1n) is 8.50. The van der Waals surface area contributed by atoms with Gasteiger partial charge < -0.3 is 14.8 Å². The molecule has 1 atom stereocenters. The molecule has 0 radical (unpaired) electrons. The van der Waals surface area contributed by atoms with Crippen molar-refractivity contribution < 1.29 is 19.0 Å². The maximum atomic E-state index is 15.1. The van der Waals surface area contributed by atoms with Crippen LogP contribution in [0.25, 0.3) is 22.0 Å². The predicted octanol–water partition coefficient (Wildman–Crippen LogP) is 5.57. The number of H-pyrrole nitrogens is 1. The minimum atomic E-state index is -1.19. The van der Waals surface area contributed by atoms with Crippen LogP contribution in [0.3, 0.4) is 0 Å². The fourth-order valence-electron chi connectivity index (χ4n) is 3.52. The molecule has 1 unspecified atom stereocenters. The third kappa shape index (κ3) is 2.87. The molecule has 2 aromatic carbocycles. The number of rotatable bonds is 3. The quantitative estimate of drug-likeness (QED) is 0.631. The number of aromatic nitrogens is 1. The molecular formula is C20H17ClFNO3. The topological polar surface area (TPSA) is 62.3 Å². The summed E-state index contributed by atoms with van der Waals surface area (Å²) < 4.78 is 20.9. The minimum Gasteiger partial charge on any atom is -0.478 e. The number of carbonyl (C=O) groups is 1.